The summed E-state index contributed by atoms with van der Waals surface area (Å²) in [5, 5.41) is 16.5. The molecule has 0 fully saturated rings. The molecule has 0 amide bonds. The first kappa shape index (κ1) is 21.1. The van der Waals surface area contributed by atoms with Crippen molar-refractivity contribution in [2.75, 3.05) is 12.9 Å². The summed E-state index contributed by atoms with van der Waals surface area (Å²) in [5.41, 5.74) is -1.79. The molecule has 0 aliphatic heterocycles. The maximum absolute atomic E-state index is 12.3. The van der Waals surface area contributed by atoms with Gasteiger partial charge in [0.1, 0.15) is 6.61 Å². The Morgan fingerprint density at radius 3 is 2.48 bits per heavy atom. The number of nitrogens with zero attached hydrogens (tertiary/aromatic N) is 3. The van der Waals surface area contributed by atoms with Gasteiger partial charge >= 0.3 is 11.7 Å². The summed E-state index contributed by atoms with van der Waals surface area (Å²) in [4.78, 5) is 11.8. The standard InChI is InChI=1S/C14H13ClF3N3O5S/c1-7-19-20-12(13(22)21(7)23)8-3-4-10(27(2,24)25)9(11(8)15)5-26-6-14(16,17)18/h3-4,23H,5-6H2,1-2H3. The van der Waals surface area contributed by atoms with Gasteiger partial charge in [-0.05, 0) is 19.1 Å². The Kier molecular flexibility index (Phi) is 5.82. The van der Waals surface area contributed by atoms with Crippen LogP contribution in [0.1, 0.15) is 11.4 Å². The topological polar surface area (TPSA) is 111 Å². The van der Waals surface area contributed by atoms with Gasteiger partial charge in [-0.1, -0.05) is 11.6 Å². The zero-order chi connectivity index (χ0) is 20.6. The number of benzene rings is 1. The van der Waals surface area contributed by atoms with Gasteiger partial charge in [-0.25, -0.2) is 8.42 Å². The molecule has 0 radical (unpaired) electrons. The van der Waals surface area contributed by atoms with E-state index >= 15 is 0 Å². The van der Waals surface area contributed by atoms with Gasteiger partial charge in [0.15, 0.2) is 21.4 Å². The Morgan fingerprint density at radius 1 is 1.30 bits per heavy atom. The molecule has 0 spiro atoms. The molecule has 0 saturated heterocycles. The summed E-state index contributed by atoms with van der Waals surface area (Å²) in [7, 11) is -3.86. The first-order chi connectivity index (χ1) is 12.3. The summed E-state index contributed by atoms with van der Waals surface area (Å²) in [6, 6.07) is 2.21. The first-order valence-electron chi connectivity index (χ1n) is 7.15. The number of hydrogen-bond donors (Lipinski definition) is 1. The Hall–Kier alpha value is -2.18. The molecule has 13 heteroatoms. The van der Waals surface area contributed by atoms with Crippen molar-refractivity contribution in [3.05, 3.63) is 38.9 Å². The van der Waals surface area contributed by atoms with Gasteiger partial charge in [-0.3, -0.25) is 4.79 Å². The second kappa shape index (κ2) is 7.44. The van der Waals surface area contributed by atoms with Gasteiger partial charge in [0, 0.05) is 17.4 Å². The van der Waals surface area contributed by atoms with Crippen molar-refractivity contribution in [2.45, 2.75) is 24.6 Å². The second-order valence-electron chi connectivity index (χ2n) is 5.50. The number of rotatable bonds is 5. The average molecular weight is 428 g/mol. The first-order valence-corrected chi connectivity index (χ1v) is 9.41. The highest BCUT2D eigenvalue weighted by molar-refractivity contribution is 7.90. The van der Waals surface area contributed by atoms with E-state index in [4.69, 9.17) is 11.6 Å². The van der Waals surface area contributed by atoms with Crippen LogP contribution in [0.4, 0.5) is 13.2 Å². The molecular weight excluding hydrogens is 415 g/mol. The number of halogens is 4. The molecule has 1 N–H and O–H groups in total. The van der Waals surface area contributed by atoms with Crippen molar-refractivity contribution in [1.82, 2.24) is 14.9 Å². The summed E-state index contributed by atoms with van der Waals surface area (Å²) >= 11 is 6.15. The predicted octanol–water partition coefficient (Wildman–Crippen LogP) is 1.99. The number of ether oxygens (including phenoxy) is 1. The summed E-state index contributed by atoms with van der Waals surface area (Å²) in [5.74, 6) is -0.110. The van der Waals surface area contributed by atoms with E-state index in [1.807, 2.05) is 0 Å². The van der Waals surface area contributed by atoms with Gasteiger partial charge in [-0.2, -0.15) is 13.2 Å². The summed E-state index contributed by atoms with van der Waals surface area (Å²) < 4.78 is 65.5. The number of aromatic nitrogens is 3. The van der Waals surface area contributed by atoms with Crippen LogP contribution < -0.4 is 5.56 Å². The lowest BCUT2D eigenvalue weighted by atomic mass is 10.1. The molecule has 0 aliphatic rings. The van der Waals surface area contributed by atoms with Crippen molar-refractivity contribution < 1.29 is 31.5 Å². The van der Waals surface area contributed by atoms with E-state index in [1.54, 1.807) is 0 Å². The minimum absolute atomic E-state index is 0.110. The predicted molar refractivity (Wildman–Crippen MR) is 87.5 cm³/mol. The van der Waals surface area contributed by atoms with Crippen LogP contribution in [0, 0.1) is 6.92 Å². The number of sulfone groups is 1. The van der Waals surface area contributed by atoms with Crippen LogP contribution in [0.15, 0.2) is 21.8 Å². The van der Waals surface area contributed by atoms with Crippen molar-refractivity contribution in [1.29, 1.82) is 0 Å². The Labute approximate surface area is 156 Å². The molecule has 0 atom stereocenters. The van der Waals surface area contributed by atoms with E-state index in [1.165, 1.54) is 6.92 Å². The highest BCUT2D eigenvalue weighted by Gasteiger charge is 2.29. The van der Waals surface area contributed by atoms with Gasteiger partial charge in [-0.15, -0.1) is 14.9 Å². The fraction of sp³-hybridized carbons (Fsp3) is 0.357. The van der Waals surface area contributed by atoms with Crippen LogP contribution in [-0.2, 0) is 21.2 Å². The maximum Gasteiger partial charge on any atom is 0.411 e. The number of alkyl halides is 3. The molecule has 1 aromatic carbocycles. The van der Waals surface area contributed by atoms with Crippen molar-refractivity contribution in [2.24, 2.45) is 0 Å². The smallest absolute Gasteiger partial charge is 0.411 e. The van der Waals surface area contributed by atoms with E-state index in [-0.39, 0.29) is 31.6 Å². The van der Waals surface area contributed by atoms with E-state index in [2.05, 4.69) is 14.9 Å². The lowest BCUT2D eigenvalue weighted by molar-refractivity contribution is -0.176. The molecule has 0 saturated carbocycles. The van der Waals surface area contributed by atoms with Crippen LogP contribution >= 0.6 is 11.6 Å². The number of hydrogen-bond acceptors (Lipinski definition) is 7. The fourth-order valence-electron chi connectivity index (χ4n) is 2.16. The number of aryl methyl sites for hydroxylation is 1. The minimum Gasteiger partial charge on any atom is -0.424 e. The molecule has 2 aromatic rings. The van der Waals surface area contributed by atoms with Gasteiger partial charge in [0.25, 0.3) is 0 Å². The Morgan fingerprint density at radius 2 is 1.93 bits per heavy atom. The van der Waals surface area contributed by atoms with E-state index in [0.717, 1.165) is 18.4 Å². The summed E-state index contributed by atoms with van der Waals surface area (Å²) in [6.45, 7) is -1.09. The molecule has 8 nitrogen and oxygen atoms in total. The zero-order valence-corrected chi connectivity index (χ0v) is 15.5. The molecule has 2 rings (SSSR count). The maximum atomic E-state index is 12.3. The van der Waals surface area contributed by atoms with E-state index in [0.29, 0.717) is 0 Å². The minimum atomic E-state index is -4.62. The molecule has 0 bridgehead atoms. The lowest BCUT2D eigenvalue weighted by Crippen LogP contribution is -2.25. The zero-order valence-electron chi connectivity index (χ0n) is 13.9. The molecule has 1 heterocycles. The Bertz CT molecular complexity index is 1040. The van der Waals surface area contributed by atoms with Crippen LogP contribution in [0.3, 0.4) is 0 Å². The molecule has 0 aliphatic carbocycles. The third-order valence-electron chi connectivity index (χ3n) is 3.36. The van der Waals surface area contributed by atoms with Crippen molar-refractivity contribution in [3.63, 3.8) is 0 Å². The monoisotopic (exact) mass is 427 g/mol. The largest absolute Gasteiger partial charge is 0.424 e. The molecule has 1 aromatic heterocycles. The van der Waals surface area contributed by atoms with Gasteiger partial charge in [0.2, 0.25) is 0 Å². The van der Waals surface area contributed by atoms with Crippen LogP contribution in [0.25, 0.3) is 11.3 Å². The quantitative estimate of drug-likeness (QED) is 0.726. The molecule has 148 valence electrons. The fourth-order valence-corrected chi connectivity index (χ4v) is 3.45. The normalized spacial score (nSPS) is 12.4. The Balaban J connectivity index is 2.61. The van der Waals surface area contributed by atoms with Crippen molar-refractivity contribution in [3.8, 4) is 11.3 Å². The average Bonchev–Trinajstić information content (AvgIpc) is 2.52. The third kappa shape index (κ3) is 4.76. The highest BCUT2D eigenvalue weighted by atomic mass is 35.5. The summed E-state index contributed by atoms with van der Waals surface area (Å²) in [6.07, 6.45) is -3.78. The van der Waals surface area contributed by atoms with E-state index < -0.39 is 40.5 Å². The van der Waals surface area contributed by atoms with Gasteiger partial charge < -0.3 is 9.94 Å². The lowest BCUT2D eigenvalue weighted by Gasteiger charge is -2.15. The molecular formula is C14H13ClF3N3O5S. The molecule has 0 unspecified atom stereocenters. The van der Waals surface area contributed by atoms with Crippen LogP contribution in [-0.4, -0.2) is 47.6 Å². The highest BCUT2D eigenvalue weighted by Crippen LogP contribution is 2.33. The van der Waals surface area contributed by atoms with Crippen LogP contribution in [0.2, 0.25) is 5.02 Å². The third-order valence-corrected chi connectivity index (χ3v) is 4.98. The SMILES string of the molecule is Cc1nnc(-c2ccc(S(C)(=O)=O)c(COCC(F)(F)F)c2Cl)c(=O)n1O. The van der Waals surface area contributed by atoms with Crippen molar-refractivity contribution >= 4 is 21.4 Å². The van der Waals surface area contributed by atoms with Gasteiger partial charge in [0.05, 0.1) is 16.5 Å². The van der Waals surface area contributed by atoms with E-state index in [9.17, 15) is 31.6 Å². The second-order valence-corrected chi connectivity index (χ2v) is 7.86. The molecule has 27 heavy (non-hydrogen) atoms. The van der Waals surface area contributed by atoms with Crippen LogP contribution in [0.5, 0.6) is 0 Å².